The van der Waals surface area contributed by atoms with Gasteiger partial charge in [-0.05, 0) is 56.8 Å². The van der Waals surface area contributed by atoms with Crippen molar-refractivity contribution in [2.45, 2.75) is 58.4 Å². The molecule has 1 aromatic carbocycles. The van der Waals surface area contributed by atoms with Gasteiger partial charge in [-0.25, -0.2) is 4.98 Å². The monoisotopic (exact) mass is 299 g/mol. The third kappa shape index (κ3) is 2.44. The minimum absolute atomic E-state index is 0.111. The highest BCUT2D eigenvalue weighted by Gasteiger charge is 2.28. The fourth-order valence-corrected chi connectivity index (χ4v) is 3.67. The van der Waals surface area contributed by atoms with Gasteiger partial charge in [0.15, 0.2) is 0 Å². The second-order valence-corrected chi connectivity index (χ2v) is 7.55. The Morgan fingerprint density at radius 3 is 2.95 bits per heavy atom. The van der Waals surface area contributed by atoms with Crippen LogP contribution in [0.25, 0.3) is 11.0 Å². The molecule has 0 spiro atoms. The molecule has 4 rings (SSSR count). The summed E-state index contributed by atoms with van der Waals surface area (Å²) in [5.41, 5.74) is 3.60. The van der Waals surface area contributed by atoms with Crippen LogP contribution in [0.1, 0.15) is 51.0 Å². The van der Waals surface area contributed by atoms with Crippen LogP contribution in [0.5, 0.6) is 0 Å². The van der Waals surface area contributed by atoms with E-state index in [1.807, 2.05) is 0 Å². The van der Waals surface area contributed by atoms with Crippen molar-refractivity contribution < 1.29 is 4.74 Å². The number of benzene rings is 1. The van der Waals surface area contributed by atoms with Crippen molar-refractivity contribution in [1.82, 2.24) is 14.9 Å². The Morgan fingerprint density at radius 2 is 2.18 bits per heavy atom. The van der Waals surface area contributed by atoms with E-state index in [4.69, 9.17) is 9.72 Å². The lowest BCUT2D eigenvalue weighted by atomic mass is 9.92. The summed E-state index contributed by atoms with van der Waals surface area (Å²) in [5.74, 6) is 1.84. The van der Waals surface area contributed by atoms with Gasteiger partial charge in [-0.15, -0.1) is 0 Å². The largest absolute Gasteiger partial charge is 0.366 e. The molecule has 1 fully saturated rings. The molecule has 4 heteroatoms. The topological polar surface area (TPSA) is 39.1 Å². The van der Waals surface area contributed by atoms with E-state index in [9.17, 15) is 0 Å². The van der Waals surface area contributed by atoms with Crippen LogP contribution in [0.15, 0.2) is 18.2 Å². The third-order valence-corrected chi connectivity index (χ3v) is 5.05. The molecular formula is C18H25N3O. The molecule has 1 saturated heterocycles. The number of nitrogens with one attached hydrogen (secondary N) is 1. The fraction of sp³-hybridized carbons (Fsp3) is 0.611. The summed E-state index contributed by atoms with van der Waals surface area (Å²) in [6, 6.07) is 7.25. The van der Waals surface area contributed by atoms with E-state index in [-0.39, 0.29) is 5.60 Å². The fourth-order valence-electron chi connectivity index (χ4n) is 3.67. The molecular weight excluding hydrogens is 274 g/mol. The Kier molecular flexibility index (Phi) is 3.27. The zero-order valence-corrected chi connectivity index (χ0v) is 13.7. The second-order valence-electron chi connectivity index (χ2n) is 7.55. The van der Waals surface area contributed by atoms with Crippen molar-refractivity contribution in [1.29, 1.82) is 0 Å². The lowest BCUT2D eigenvalue weighted by Gasteiger charge is -2.31. The van der Waals surface area contributed by atoms with Gasteiger partial charge in [0.1, 0.15) is 12.4 Å². The Labute approximate surface area is 131 Å². The van der Waals surface area contributed by atoms with Gasteiger partial charge in [-0.1, -0.05) is 13.0 Å². The molecule has 1 aromatic heterocycles. The second kappa shape index (κ2) is 5.07. The van der Waals surface area contributed by atoms with Crippen molar-refractivity contribution in [3.05, 3.63) is 29.6 Å². The molecule has 1 N–H and O–H groups in total. The van der Waals surface area contributed by atoms with Crippen molar-refractivity contribution >= 4 is 11.0 Å². The molecule has 2 aliphatic rings. The molecule has 0 radical (unpaired) electrons. The first-order valence-corrected chi connectivity index (χ1v) is 8.38. The summed E-state index contributed by atoms with van der Waals surface area (Å²) in [5, 5.41) is 3.67. The number of fused-ring (bicyclic) bond motifs is 3. The standard InChI is InChI=1S/C18H25N3O/c1-12-4-6-14(19-9-12)13-5-7-16-15(8-13)20-17-10-22-18(2,3)11-21(16)17/h5,7-8,12,14,19H,4,6,9-11H2,1-3H3/t12-,14?/m0/s1. The molecule has 0 aliphatic carbocycles. The maximum absolute atomic E-state index is 5.88. The van der Waals surface area contributed by atoms with Gasteiger partial charge >= 0.3 is 0 Å². The minimum atomic E-state index is -0.111. The molecule has 0 bridgehead atoms. The Morgan fingerprint density at radius 1 is 1.32 bits per heavy atom. The summed E-state index contributed by atoms with van der Waals surface area (Å²) >= 11 is 0. The van der Waals surface area contributed by atoms with Crippen molar-refractivity contribution in [3.63, 3.8) is 0 Å². The van der Waals surface area contributed by atoms with Gasteiger partial charge in [-0.2, -0.15) is 0 Å². The van der Waals surface area contributed by atoms with Gasteiger partial charge in [0.2, 0.25) is 0 Å². The number of ether oxygens (including phenoxy) is 1. The van der Waals surface area contributed by atoms with Crippen molar-refractivity contribution in [3.8, 4) is 0 Å². The SMILES string of the molecule is C[C@H]1CCC(c2ccc3c(c2)nc2n3CC(C)(C)OC2)NC1. The van der Waals surface area contributed by atoms with Crippen molar-refractivity contribution in [2.24, 2.45) is 5.92 Å². The van der Waals surface area contributed by atoms with Crippen LogP contribution in [0.2, 0.25) is 0 Å². The molecule has 3 heterocycles. The van der Waals surface area contributed by atoms with Crippen LogP contribution >= 0.6 is 0 Å². The van der Waals surface area contributed by atoms with E-state index in [0.717, 1.165) is 30.3 Å². The summed E-state index contributed by atoms with van der Waals surface area (Å²) < 4.78 is 8.20. The molecule has 118 valence electrons. The van der Waals surface area contributed by atoms with E-state index in [1.165, 1.54) is 23.9 Å². The van der Waals surface area contributed by atoms with Gasteiger partial charge in [-0.3, -0.25) is 0 Å². The van der Waals surface area contributed by atoms with E-state index in [1.54, 1.807) is 0 Å². The molecule has 2 aromatic rings. The van der Waals surface area contributed by atoms with E-state index in [2.05, 4.69) is 48.9 Å². The summed E-state index contributed by atoms with van der Waals surface area (Å²) in [4.78, 5) is 4.80. The maximum Gasteiger partial charge on any atom is 0.136 e. The molecule has 0 amide bonds. The molecule has 0 saturated carbocycles. The van der Waals surface area contributed by atoms with Crippen LogP contribution in [0.3, 0.4) is 0 Å². The average Bonchev–Trinajstić information content (AvgIpc) is 2.84. The highest BCUT2D eigenvalue weighted by Crippen LogP contribution is 2.31. The number of hydrogen-bond donors (Lipinski definition) is 1. The highest BCUT2D eigenvalue weighted by atomic mass is 16.5. The predicted octanol–water partition coefficient (Wildman–Crippen LogP) is 3.41. The number of rotatable bonds is 1. The van der Waals surface area contributed by atoms with Crippen LogP contribution in [0.4, 0.5) is 0 Å². The first-order valence-electron chi connectivity index (χ1n) is 8.38. The highest BCUT2D eigenvalue weighted by molar-refractivity contribution is 5.77. The van der Waals surface area contributed by atoms with Gasteiger partial charge in [0, 0.05) is 6.04 Å². The molecule has 4 nitrogen and oxygen atoms in total. The molecule has 22 heavy (non-hydrogen) atoms. The first-order chi connectivity index (χ1) is 10.5. The Balaban J connectivity index is 1.68. The van der Waals surface area contributed by atoms with E-state index >= 15 is 0 Å². The van der Waals surface area contributed by atoms with Crippen LogP contribution in [-0.2, 0) is 17.9 Å². The smallest absolute Gasteiger partial charge is 0.136 e. The number of piperidine rings is 1. The predicted molar refractivity (Wildman–Crippen MR) is 87.7 cm³/mol. The molecule has 2 aliphatic heterocycles. The van der Waals surface area contributed by atoms with Gasteiger partial charge in [0.25, 0.3) is 0 Å². The lowest BCUT2D eigenvalue weighted by Crippen LogP contribution is -2.35. The Bertz CT molecular complexity index is 696. The quantitative estimate of drug-likeness (QED) is 0.877. The summed E-state index contributed by atoms with van der Waals surface area (Å²) in [6.07, 6.45) is 2.52. The summed E-state index contributed by atoms with van der Waals surface area (Å²) in [7, 11) is 0. The lowest BCUT2D eigenvalue weighted by molar-refractivity contribution is -0.0634. The van der Waals surface area contributed by atoms with E-state index in [0.29, 0.717) is 12.6 Å². The zero-order valence-electron chi connectivity index (χ0n) is 13.7. The molecule has 2 atom stereocenters. The molecule has 1 unspecified atom stereocenters. The normalized spacial score (nSPS) is 27.8. The van der Waals surface area contributed by atoms with Crippen LogP contribution in [0, 0.1) is 5.92 Å². The number of imidazole rings is 1. The zero-order chi connectivity index (χ0) is 15.3. The van der Waals surface area contributed by atoms with E-state index < -0.39 is 0 Å². The number of hydrogen-bond acceptors (Lipinski definition) is 3. The third-order valence-electron chi connectivity index (χ3n) is 5.05. The summed E-state index contributed by atoms with van der Waals surface area (Å²) in [6.45, 7) is 9.20. The number of nitrogens with zero attached hydrogens (tertiary/aromatic N) is 2. The minimum Gasteiger partial charge on any atom is -0.366 e. The first kappa shape index (κ1) is 14.2. The maximum atomic E-state index is 5.88. The van der Waals surface area contributed by atoms with Crippen LogP contribution in [-0.4, -0.2) is 21.7 Å². The Hall–Kier alpha value is -1.39. The van der Waals surface area contributed by atoms with Crippen molar-refractivity contribution in [2.75, 3.05) is 6.54 Å². The van der Waals surface area contributed by atoms with Gasteiger partial charge in [0.05, 0.1) is 23.2 Å². The number of aromatic nitrogens is 2. The van der Waals surface area contributed by atoms with Gasteiger partial charge < -0.3 is 14.6 Å². The average molecular weight is 299 g/mol. The van der Waals surface area contributed by atoms with Crippen LogP contribution < -0.4 is 5.32 Å².